The van der Waals surface area contributed by atoms with E-state index in [1.54, 1.807) is 24.3 Å². The number of Topliss-reactive ketones (excluding diaryl/α,β-unsaturated/α-hetero) is 1. The molecule has 2 aromatic rings. The van der Waals surface area contributed by atoms with Crippen molar-refractivity contribution in [1.82, 2.24) is 4.90 Å². The van der Waals surface area contributed by atoms with Crippen molar-refractivity contribution in [2.45, 2.75) is 39.2 Å². The first-order valence-corrected chi connectivity index (χ1v) is 12.2. The number of halogens is 2. The molecule has 1 atom stereocenters. The Kier molecular flexibility index (Phi) is 8.92. The molecule has 1 saturated heterocycles. The van der Waals surface area contributed by atoms with Gasteiger partial charge < -0.3 is 24.2 Å². The van der Waals surface area contributed by atoms with Gasteiger partial charge in [-0.15, -0.1) is 0 Å². The molecule has 0 saturated carbocycles. The normalized spacial score (nSPS) is 17.1. The van der Waals surface area contributed by atoms with Crippen LogP contribution < -0.4 is 14.2 Å². The maximum Gasteiger partial charge on any atom is 0.295 e. The lowest BCUT2D eigenvalue weighted by molar-refractivity contribution is -0.139. The van der Waals surface area contributed by atoms with Crippen LogP contribution in [-0.2, 0) is 9.59 Å². The van der Waals surface area contributed by atoms with Gasteiger partial charge in [-0.3, -0.25) is 9.59 Å². The molecule has 35 heavy (non-hydrogen) atoms. The molecule has 0 bridgehead atoms. The zero-order chi connectivity index (χ0) is 25.7. The molecule has 0 aliphatic carbocycles. The van der Waals surface area contributed by atoms with Gasteiger partial charge in [0.1, 0.15) is 16.5 Å². The summed E-state index contributed by atoms with van der Waals surface area (Å²) in [6.07, 6.45) is 2.56. The van der Waals surface area contributed by atoms with Crippen LogP contribution in [0, 0.1) is 0 Å². The van der Waals surface area contributed by atoms with E-state index in [1.165, 1.54) is 25.2 Å². The van der Waals surface area contributed by atoms with Crippen LogP contribution in [0.2, 0.25) is 10.0 Å². The van der Waals surface area contributed by atoms with Crippen LogP contribution in [0.15, 0.2) is 35.9 Å². The molecule has 188 valence electrons. The summed E-state index contributed by atoms with van der Waals surface area (Å²) in [4.78, 5) is 27.9. The molecule has 1 fully saturated rings. The van der Waals surface area contributed by atoms with Gasteiger partial charge in [-0.25, -0.2) is 0 Å². The van der Waals surface area contributed by atoms with Crippen LogP contribution in [0.4, 0.5) is 0 Å². The number of aliphatic hydroxyl groups excluding tert-OH is 1. The van der Waals surface area contributed by atoms with E-state index in [4.69, 9.17) is 37.4 Å². The number of amides is 1. The van der Waals surface area contributed by atoms with E-state index in [9.17, 15) is 14.7 Å². The Morgan fingerprint density at radius 1 is 1.06 bits per heavy atom. The summed E-state index contributed by atoms with van der Waals surface area (Å²) in [5.74, 6) is -1.07. The van der Waals surface area contributed by atoms with E-state index in [0.717, 1.165) is 12.8 Å². The molecule has 0 spiro atoms. The van der Waals surface area contributed by atoms with E-state index in [0.29, 0.717) is 30.9 Å². The number of carbonyl (C=O) groups is 2. The highest BCUT2D eigenvalue weighted by molar-refractivity contribution is 6.47. The quantitative estimate of drug-likeness (QED) is 0.178. The Morgan fingerprint density at radius 3 is 2.40 bits per heavy atom. The van der Waals surface area contributed by atoms with Crippen molar-refractivity contribution in [1.29, 1.82) is 0 Å². The molecule has 1 unspecified atom stereocenters. The molecule has 1 aliphatic heterocycles. The summed E-state index contributed by atoms with van der Waals surface area (Å²) >= 11 is 12.7. The lowest BCUT2D eigenvalue weighted by Crippen LogP contribution is -2.30. The molecule has 9 heteroatoms. The van der Waals surface area contributed by atoms with Gasteiger partial charge >= 0.3 is 0 Å². The first kappa shape index (κ1) is 26.7. The van der Waals surface area contributed by atoms with Gasteiger partial charge in [-0.2, -0.15) is 0 Å². The highest BCUT2D eigenvalue weighted by Gasteiger charge is 2.46. The molecule has 2 aromatic carbocycles. The summed E-state index contributed by atoms with van der Waals surface area (Å²) in [6.45, 7) is 4.74. The number of aliphatic hydroxyl groups is 1. The molecule has 1 amide bonds. The Morgan fingerprint density at radius 2 is 1.77 bits per heavy atom. The number of ketones is 1. The average Bonchev–Trinajstić information content (AvgIpc) is 3.09. The zero-order valence-corrected chi connectivity index (χ0v) is 21.7. The third-order valence-corrected chi connectivity index (χ3v) is 6.45. The molecular formula is C26H29Cl2NO6. The molecular weight excluding hydrogens is 493 g/mol. The van der Waals surface area contributed by atoms with E-state index in [2.05, 4.69) is 6.92 Å². The SMILES string of the molecule is CCCCCN1C(=O)C(=O)/C(=C(/O)c2cc(Cl)c(OC)c(Cl)c2OC)C1c1cccc(OCC)c1. The van der Waals surface area contributed by atoms with Crippen molar-refractivity contribution >= 4 is 40.7 Å². The van der Waals surface area contributed by atoms with Gasteiger partial charge in [-0.05, 0) is 37.1 Å². The van der Waals surface area contributed by atoms with Crippen LogP contribution in [0.25, 0.3) is 5.76 Å². The topological polar surface area (TPSA) is 85.3 Å². The summed E-state index contributed by atoms with van der Waals surface area (Å²) < 4.78 is 16.3. The zero-order valence-electron chi connectivity index (χ0n) is 20.2. The number of benzene rings is 2. The lowest BCUT2D eigenvalue weighted by atomic mass is 9.94. The number of hydrogen-bond donors (Lipinski definition) is 1. The van der Waals surface area contributed by atoms with Gasteiger partial charge in [0.05, 0.1) is 43.0 Å². The number of methoxy groups -OCH3 is 2. The van der Waals surface area contributed by atoms with Crippen molar-refractivity contribution in [2.75, 3.05) is 27.4 Å². The van der Waals surface area contributed by atoms with E-state index in [-0.39, 0.29) is 32.7 Å². The third kappa shape index (κ3) is 5.21. The minimum atomic E-state index is -0.823. The molecule has 1 N–H and O–H groups in total. The molecule has 1 aliphatic rings. The second-order valence-corrected chi connectivity index (χ2v) is 8.78. The fourth-order valence-electron chi connectivity index (χ4n) is 4.22. The van der Waals surface area contributed by atoms with Gasteiger partial charge in [0.2, 0.25) is 0 Å². The standard InChI is InChI=1S/C26H29Cl2NO6/c1-5-7-8-12-29-21(15-10-9-11-16(13-15)35-6-2)19(23(31)26(29)32)22(30)17-14-18(27)25(34-4)20(28)24(17)33-3/h9-11,13-14,21,30H,5-8,12H2,1-4H3/b22-19+. The maximum absolute atomic E-state index is 13.3. The predicted molar refractivity (Wildman–Crippen MR) is 136 cm³/mol. The van der Waals surface area contributed by atoms with E-state index < -0.39 is 23.5 Å². The molecule has 0 aromatic heterocycles. The number of nitrogens with zero attached hydrogens (tertiary/aromatic N) is 1. The number of rotatable bonds is 10. The van der Waals surface area contributed by atoms with Crippen LogP contribution in [0.1, 0.15) is 50.3 Å². The number of unbranched alkanes of at least 4 members (excludes halogenated alkanes) is 2. The third-order valence-electron chi connectivity index (χ3n) is 5.82. The second-order valence-electron chi connectivity index (χ2n) is 7.99. The predicted octanol–water partition coefficient (Wildman–Crippen LogP) is 6.02. The Hall–Kier alpha value is -2.90. The summed E-state index contributed by atoms with van der Waals surface area (Å²) in [5, 5.41) is 11.6. The number of likely N-dealkylation sites (tertiary alicyclic amines) is 1. The van der Waals surface area contributed by atoms with Crippen LogP contribution in [0.5, 0.6) is 17.2 Å². The van der Waals surface area contributed by atoms with Crippen molar-refractivity contribution in [3.8, 4) is 17.2 Å². The fraction of sp³-hybridized carbons (Fsp3) is 0.385. The first-order chi connectivity index (χ1) is 16.8. The minimum Gasteiger partial charge on any atom is -0.507 e. The van der Waals surface area contributed by atoms with Crippen LogP contribution in [-0.4, -0.2) is 49.1 Å². The minimum absolute atomic E-state index is 0.0381. The second kappa shape index (κ2) is 11.7. The number of hydrogen-bond acceptors (Lipinski definition) is 6. The Balaban J connectivity index is 2.25. The van der Waals surface area contributed by atoms with Crippen LogP contribution >= 0.6 is 23.2 Å². The molecule has 3 rings (SSSR count). The number of carbonyl (C=O) groups excluding carboxylic acids is 2. The maximum atomic E-state index is 13.3. The van der Waals surface area contributed by atoms with Crippen molar-refractivity contribution < 1.29 is 28.9 Å². The molecule has 1 heterocycles. The fourth-order valence-corrected chi connectivity index (χ4v) is 4.91. The molecule has 7 nitrogen and oxygen atoms in total. The lowest BCUT2D eigenvalue weighted by Gasteiger charge is -2.26. The molecule has 0 radical (unpaired) electrons. The average molecular weight is 522 g/mol. The van der Waals surface area contributed by atoms with Crippen LogP contribution in [0.3, 0.4) is 0 Å². The number of ether oxygens (including phenoxy) is 3. The summed E-state index contributed by atoms with van der Waals surface area (Å²) in [6, 6.07) is 7.72. The van der Waals surface area contributed by atoms with Gasteiger partial charge in [-0.1, -0.05) is 55.1 Å². The Labute approximate surface area is 215 Å². The highest BCUT2D eigenvalue weighted by Crippen LogP contribution is 2.47. The largest absolute Gasteiger partial charge is 0.507 e. The first-order valence-electron chi connectivity index (χ1n) is 11.4. The summed E-state index contributed by atoms with van der Waals surface area (Å²) in [7, 11) is 2.77. The van der Waals surface area contributed by atoms with Gasteiger partial charge in [0.15, 0.2) is 11.5 Å². The van der Waals surface area contributed by atoms with Gasteiger partial charge in [0.25, 0.3) is 11.7 Å². The van der Waals surface area contributed by atoms with Crippen molar-refractivity contribution in [2.24, 2.45) is 0 Å². The van der Waals surface area contributed by atoms with Crippen molar-refractivity contribution in [3.63, 3.8) is 0 Å². The summed E-state index contributed by atoms with van der Waals surface area (Å²) in [5.41, 5.74) is 0.648. The van der Waals surface area contributed by atoms with E-state index in [1.807, 2.05) is 6.92 Å². The smallest absolute Gasteiger partial charge is 0.295 e. The Bertz CT molecular complexity index is 1150. The monoisotopic (exact) mass is 521 g/mol. The highest BCUT2D eigenvalue weighted by atomic mass is 35.5. The van der Waals surface area contributed by atoms with Crippen molar-refractivity contribution in [3.05, 3.63) is 57.1 Å². The van der Waals surface area contributed by atoms with Gasteiger partial charge in [0, 0.05) is 6.54 Å². The van der Waals surface area contributed by atoms with E-state index >= 15 is 0 Å².